The molecule has 0 spiro atoms. The molecule has 0 radical (unpaired) electrons. The number of hydrogen-bond donors (Lipinski definition) is 3. The maximum atomic E-state index is 13.5. The summed E-state index contributed by atoms with van der Waals surface area (Å²) in [4.78, 5) is 18.1. The molecule has 1 fully saturated rings. The van der Waals surface area contributed by atoms with Gasteiger partial charge in [-0.2, -0.15) is 0 Å². The molecular weight excluding hydrogens is 428 g/mol. The summed E-state index contributed by atoms with van der Waals surface area (Å²) in [7, 11) is 0. The number of morpholine rings is 1. The number of carbonyl (C=O) groups is 1. The zero-order valence-corrected chi connectivity index (χ0v) is 18.0. The highest BCUT2D eigenvalue weighted by molar-refractivity contribution is 5.79. The highest BCUT2D eigenvalue weighted by Gasteiger charge is 2.12. The van der Waals surface area contributed by atoms with Gasteiger partial charge < -0.3 is 26.0 Å². The summed E-state index contributed by atoms with van der Waals surface area (Å²) in [6.07, 6.45) is 1.57. The minimum Gasteiger partial charge on any atom is -0.381 e. The largest absolute Gasteiger partial charge is 0.381 e. The molecule has 1 saturated heterocycles. The van der Waals surface area contributed by atoms with Gasteiger partial charge in [0.1, 0.15) is 5.82 Å². The van der Waals surface area contributed by atoms with E-state index in [1.165, 1.54) is 6.07 Å². The first-order chi connectivity index (χ1) is 16.0. The molecule has 0 bridgehead atoms. The lowest BCUT2D eigenvalue weighted by Crippen LogP contribution is -2.36. The number of amides is 1. The molecule has 0 atom stereocenters. The summed E-state index contributed by atoms with van der Waals surface area (Å²) in [6, 6.07) is 13.5. The molecule has 1 aliphatic heterocycles. The summed E-state index contributed by atoms with van der Waals surface area (Å²) in [5.74, 6) is -1.74. The van der Waals surface area contributed by atoms with E-state index in [0.29, 0.717) is 22.6 Å². The van der Waals surface area contributed by atoms with Gasteiger partial charge in [-0.1, -0.05) is 6.07 Å². The number of rotatable bonds is 8. The van der Waals surface area contributed by atoms with Crippen LogP contribution in [0, 0.1) is 11.6 Å². The number of carbonyl (C=O) groups excluding carboxylic acids is 1. The highest BCUT2D eigenvalue weighted by atomic mass is 19.2. The number of hydrogen-bond acceptors (Lipinski definition) is 6. The SMILES string of the molecule is NC(=O)Cc1cnc(Nc2ccc(N3CCOCC3)cc2)cc1NCc1ccc(F)c(F)c1. The maximum absolute atomic E-state index is 13.5. The number of nitrogens with two attached hydrogens (primary N) is 1. The Kier molecular flexibility index (Phi) is 6.99. The zero-order valence-electron chi connectivity index (χ0n) is 18.0. The molecule has 1 amide bonds. The minimum absolute atomic E-state index is 0.00163. The first-order valence-corrected chi connectivity index (χ1v) is 10.6. The van der Waals surface area contributed by atoms with E-state index >= 15 is 0 Å². The molecule has 33 heavy (non-hydrogen) atoms. The Hall–Kier alpha value is -3.72. The van der Waals surface area contributed by atoms with Crippen molar-refractivity contribution in [2.75, 3.05) is 41.8 Å². The summed E-state index contributed by atoms with van der Waals surface area (Å²) >= 11 is 0. The molecule has 2 heterocycles. The van der Waals surface area contributed by atoms with Crippen molar-refractivity contribution in [2.45, 2.75) is 13.0 Å². The highest BCUT2D eigenvalue weighted by Crippen LogP contribution is 2.25. The van der Waals surface area contributed by atoms with Gasteiger partial charge in [-0.15, -0.1) is 0 Å². The van der Waals surface area contributed by atoms with Gasteiger partial charge >= 0.3 is 0 Å². The monoisotopic (exact) mass is 453 g/mol. The van der Waals surface area contributed by atoms with Crippen LogP contribution in [0.2, 0.25) is 0 Å². The lowest BCUT2D eigenvalue weighted by Gasteiger charge is -2.28. The number of anilines is 4. The molecule has 172 valence electrons. The van der Waals surface area contributed by atoms with E-state index in [0.717, 1.165) is 49.8 Å². The van der Waals surface area contributed by atoms with Gasteiger partial charge in [-0.25, -0.2) is 13.8 Å². The first-order valence-electron chi connectivity index (χ1n) is 10.6. The topological polar surface area (TPSA) is 92.5 Å². The van der Waals surface area contributed by atoms with Crippen molar-refractivity contribution in [1.82, 2.24) is 4.98 Å². The van der Waals surface area contributed by atoms with Crippen molar-refractivity contribution in [3.8, 4) is 0 Å². The van der Waals surface area contributed by atoms with E-state index in [4.69, 9.17) is 10.5 Å². The number of halogens is 2. The van der Waals surface area contributed by atoms with E-state index in [-0.39, 0.29) is 13.0 Å². The van der Waals surface area contributed by atoms with Crippen LogP contribution in [-0.4, -0.2) is 37.2 Å². The van der Waals surface area contributed by atoms with Crippen LogP contribution < -0.4 is 21.3 Å². The lowest BCUT2D eigenvalue weighted by molar-refractivity contribution is -0.117. The third-order valence-electron chi connectivity index (χ3n) is 5.33. The number of aromatic nitrogens is 1. The third kappa shape index (κ3) is 5.95. The molecule has 9 heteroatoms. The van der Waals surface area contributed by atoms with Crippen LogP contribution in [0.25, 0.3) is 0 Å². The zero-order chi connectivity index (χ0) is 23.2. The van der Waals surface area contributed by atoms with E-state index < -0.39 is 17.5 Å². The Morgan fingerprint density at radius 1 is 1.06 bits per heavy atom. The molecule has 4 N–H and O–H groups in total. The smallest absolute Gasteiger partial charge is 0.221 e. The van der Waals surface area contributed by atoms with Crippen LogP contribution in [-0.2, 0) is 22.5 Å². The fraction of sp³-hybridized carbons (Fsp3) is 0.250. The summed E-state index contributed by atoms with van der Waals surface area (Å²) in [6.45, 7) is 3.41. The van der Waals surface area contributed by atoms with Crippen LogP contribution in [0.15, 0.2) is 54.7 Å². The van der Waals surface area contributed by atoms with Crippen LogP contribution in [0.1, 0.15) is 11.1 Å². The van der Waals surface area contributed by atoms with E-state index in [9.17, 15) is 13.6 Å². The van der Waals surface area contributed by atoms with Crippen molar-refractivity contribution in [3.05, 3.63) is 77.5 Å². The molecule has 3 aromatic rings. The molecule has 1 aliphatic rings. The second-order valence-electron chi connectivity index (χ2n) is 7.74. The number of benzene rings is 2. The van der Waals surface area contributed by atoms with Crippen molar-refractivity contribution >= 4 is 28.8 Å². The Balaban J connectivity index is 1.48. The van der Waals surface area contributed by atoms with Crippen LogP contribution in [0.3, 0.4) is 0 Å². The average Bonchev–Trinajstić information content (AvgIpc) is 2.82. The standard InChI is InChI=1S/C24H25F2N5O2/c25-20-6-1-16(11-21(20)26)14-28-22-13-24(29-15-17(22)12-23(27)32)30-18-2-4-19(5-3-18)31-7-9-33-10-8-31/h1-6,11,13,15H,7-10,12,14H2,(H2,27,32)(H2,28,29,30). The Morgan fingerprint density at radius 2 is 1.82 bits per heavy atom. The molecule has 1 aromatic heterocycles. The van der Waals surface area contributed by atoms with E-state index in [1.807, 2.05) is 24.3 Å². The van der Waals surface area contributed by atoms with Gasteiger partial charge in [0.05, 0.1) is 19.6 Å². The molecule has 4 rings (SSSR count). The number of primary amides is 1. The van der Waals surface area contributed by atoms with Crippen molar-refractivity contribution in [2.24, 2.45) is 5.73 Å². The van der Waals surface area contributed by atoms with Gasteiger partial charge in [0.2, 0.25) is 5.91 Å². The van der Waals surface area contributed by atoms with Gasteiger partial charge in [0.15, 0.2) is 11.6 Å². The Morgan fingerprint density at radius 3 is 2.52 bits per heavy atom. The summed E-state index contributed by atoms with van der Waals surface area (Å²) in [5.41, 5.74) is 9.14. The van der Waals surface area contributed by atoms with Gasteiger partial charge in [0.25, 0.3) is 0 Å². The molecule has 0 unspecified atom stereocenters. The molecule has 2 aromatic carbocycles. The van der Waals surface area contributed by atoms with Crippen molar-refractivity contribution in [1.29, 1.82) is 0 Å². The normalized spacial score (nSPS) is 13.6. The lowest BCUT2D eigenvalue weighted by atomic mass is 10.1. The average molecular weight is 453 g/mol. The Labute approximate surface area is 190 Å². The van der Waals surface area contributed by atoms with Crippen molar-refractivity contribution in [3.63, 3.8) is 0 Å². The summed E-state index contributed by atoms with van der Waals surface area (Å²) in [5, 5.41) is 6.41. The Bertz CT molecular complexity index is 1120. The van der Waals surface area contributed by atoms with Crippen LogP contribution in [0.5, 0.6) is 0 Å². The second-order valence-corrected chi connectivity index (χ2v) is 7.74. The maximum Gasteiger partial charge on any atom is 0.221 e. The predicted octanol–water partition coefficient (Wildman–Crippen LogP) is 3.58. The molecule has 0 aliphatic carbocycles. The summed E-state index contributed by atoms with van der Waals surface area (Å²) < 4.78 is 32.1. The van der Waals surface area contributed by atoms with E-state index in [2.05, 4.69) is 20.5 Å². The minimum atomic E-state index is -0.913. The second kappa shape index (κ2) is 10.3. The van der Waals surface area contributed by atoms with Gasteiger partial charge in [-0.05, 0) is 42.0 Å². The molecule has 0 saturated carbocycles. The predicted molar refractivity (Wildman–Crippen MR) is 124 cm³/mol. The molecular formula is C24H25F2N5O2. The molecule has 7 nitrogen and oxygen atoms in total. The number of ether oxygens (including phenoxy) is 1. The number of pyridine rings is 1. The van der Waals surface area contributed by atoms with Gasteiger partial charge in [-0.3, -0.25) is 4.79 Å². The van der Waals surface area contributed by atoms with Gasteiger partial charge in [0, 0.05) is 54.5 Å². The third-order valence-corrected chi connectivity index (χ3v) is 5.33. The fourth-order valence-corrected chi connectivity index (χ4v) is 3.62. The number of nitrogens with one attached hydrogen (secondary N) is 2. The van der Waals surface area contributed by atoms with Crippen LogP contribution >= 0.6 is 0 Å². The fourth-order valence-electron chi connectivity index (χ4n) is 3.62. The quantitative estimate of drug-likeness (QED) is 0.483. The van der Waals surface area contributed by atoms with E-state index in [1.54, 1.807) is 12.3 Å². The first kappa shape index (κ1) is 22.5. The number of nitrogens with zero attached hydrogens (tertiary/aromatic N) is 2. The van der Waals surface area contributed by atoms with Crippen molar-refractivity contribution < 1.29 is 18.3 Å². The van der Waals surface area contributed by atoms with Crippen LogP contribution in [0.4, 0.5) is 31.7 Å².